The number of hydrogen-bond donors (Lipinski definition) is 0. The van der Waals surface area contributed by atoms with Gasteiger partial charge in [0.15, 0.2) is 0 Å². The average Bonchev–Trinajstić information content (AvgIpc) is 2.25. The van der Waals surface area contributed by atoms with Gasteiger partial charge in [0.1, 0.15) is 5.60 Å². The van der Waals surface area contributed by atoms with Crippen molar-refractivity contribution in [1.82, 2.24) is 0 Å². The summed E-state index contributed by atoms with van der Waals surface area (Å²) in [6.07, 6.45) is 8.04. The normalized spacial score (nSPS) is 40.3. The maximum absolute atomic E-state index is 11.9. The fourth-order valence-electron chi connectivity index (χ4n) is 5.28. The van der Waals surface area contributed by atoms with Crippen LogP contribution in [0.15, 0.2) is 12.2 Å². The summed E-state index contributed by atoms with van der Waals surface area (Å²) in [6, 6.07) is 0. The minimum atomic E-state index is -0.348. The van der Waals surface area contributed by atoms with Crippen molar-refractivity contribution in [3.05, 3.63) is 12.2 Å². The predicted molar refractivity (Wildman–Crippen MR) is 75.6 cm³/mol. The number of esters is 1. The van der Waals surface area contributed by atoms with Gasteiger partial charge in [-0.25, -0.2) is 4.79 Å². The summed E-state index contributed by atoms with van der Waals surface area (Å²) < 4.78 is 5.85. The van der Waals surface area contributed by atoms with Crippen molar-refractivity contribution in [1.29, 1.82) is 0 Å². The molecular formula is C17H26O2. The molecule has 0 atom stereocenters. The molecule has 0 amide bonds. The number of hydrogen-bond acceptors (Lipinski definition) is 2. The Labute approximate surface area is 116 Å². The molecule has 4 fully saturated rings. The molecule has 0 aromatic carbocycles. The van der Waals surface area contributed by atoms with Gasteiger partial charge in [-0.15, -0.1) is 0 Å². The van der Waals surface area contributed by atoms with E-state index in [4.69, 9.17) is 4.74 Å². The summed E-state index contributed by atoms with van der Waals surface area (Å²) >= 11 is 0. The molecule has 0 aliphatic heterocycles. The monoisotopic (exact) mass is 262 g/mol. The summed E-state index contributed by atoms with van der Waals surface area (Å²) in [5.41, 5.74) is 0.393. The third kappa shape index (κ3) is 2.04. The van der Waals surface area contributed by atoms with Crippen LogP contribution in [0.1, 0.15) is 59.3 Å². The number of ether oxygens (including phenoxy) is 1. The third-order valence-corrected chi connectivity index (χ3v) is 6.01. The van der Waals surface area contributed by atoms with Gasteiger partial charge in [0, 0.05) is 11.0 Å². The highest BCUT2D eigenvalue weighted by atomic mass is 16.6. The molecule has 0 N–H and O–H groups in total. The average molecular weight is 262 g/mol. The molecule has 4 rings (SSSR count). The maximum atomic E-state index is 11.9. The summed E-state index contributed by atoms with van der Waals surface area (Å²) in [6.45, 7) is 9.70. The van der Waals surface area contributed by atoms with Gasteiger partial charge >= 0.3 is 5.97 Å². The van der Waals surface area contributed by atoms with E-state index in [1.165, 1.54) is 38.5 Å². The molecular weight excluding hydrogens is 236 g/mol. The molecule has 0 aromatic rings. The first kappa shape index (κ1) is 13.2. The standard InChI is InChI=1S/C17H26O2/c1-11(2)15(18)19-16(3,4)17-8-12-5-13(9-17)7-14(6-12)10-17/h12-14H,1,5-10H2,2-4H3/t12-,13-,14?,17?/m1/s1. The molecule has 0 spiro atoms. The summed E-state index contributed by atoms with van der Waals surface area (Å²) in [7, 11) is 0. The number of carbonyl (C=O) groups excluding carboxylic acids is 1. The van der Waals surface area contributed by atoms with Gasteiger partial charge < -0.3 is 4.74 Å². The third-order valence-electron chi connectivity index (χ3n) is 6.01. The second-order valence-corrected chi connectivity index (χ2v) is 7.88. The van der Waals surface area contributed by atoms with Gasteiger partial charge in [0.25, 0.3) is 0 Å². The van der Waals surface area contributed by atoms with Gasteiger partial charge in [-0.05, 0) is 77.0 Å². The van der Waals surface area contributed by atoms with Gasteiger partial charge in [-0.1, -0.05) is 6.58 Å². The molecule has 4 aliphatic carbocycles. The lowest BCUT2D eigenvalue weighted by Gasteiger charge is -2.61. The van der Waals surface area contributed by atoms with Crippen LogP contribution in [0.4, 0.5) is 0 Å². The summed E-state index contributed by atoms with van der Waals surface area (Å²) in [4.78, 5) is 11.9. The summed E-state index contributed by atoms with van der Waals surface area (Å²) in [5, 5.41) is 0. The van der Waals surface area contributed by atoms with E-state index in [1.54, 1.807) is 6.92 Å². The van der Waals surface area contributed by atoms with E-state index in [0.717, 1.165) is 17.8 Å². The molecule has 4 bridgehead atoms. The molecule has 0 aromatic heterocycles. The molecule has 4 aliphatic rings. The van der Waals surface area contributed by atoms with E-state index in [9.17, 15) is 4.79 Å². The van der Waals surface area contributed by atoms with E-state index in [2.05, 4.69) is 20.4 Å². The highest BCUT2D eigenvalue weighted by Gasteiger charge is 2.58. The van der Waals surface area contributed by atoms with Crippen molar-refractivity contribution >= 4 is 5.97 Å². The highest BCUT2D eigenvalue weighted by Crippen LogP contribution is 2.64. The molecule has 0 radical (unpaired) electrons. The Kier molecular flexibility index (Phi) is 2.85. The minimum Gasteiger partial charge on any atom is -0.456 e. The minimum absolute atomic E-state index is 0.222. The Balaban J connectivity index is 1.83. The van der Waals surface area contributed by atoms with Crippen LogP contribution in [-0.4, -0.2) is 11.6 Å². The van der Waals surface area contributed by atoms with Crippen molar-refractivity contribution in [2.24, 2.45) is 23.2 Å². The summed E-state index contributed by atoms with van der Waals surface area (Å²) in [5.74, 6) is 2.43. The van der Waals surface area contributed by atoms with E-state index >= 15 is 0 Å². The largest absolute Gasteiger partial charge is 0.456 e. The zero-order valence-corrected chi connectivity index (χ0v) is 12.5. The number of carbonyl (C=O) groups is 1. The Morgan fingerprint density at radius 2 is 1.53 bits per heavy atom. The molecule has 2 heteroatoms. The zero-order chi connectivity index (χ0) is 13.8. The lowest BCUT2D eigenvalue weighted by Crippen LogP contribution is -2.57. The maximum Gasteiger partial charge on any atom is 0.333 e. The van der Waals surface area contributed by atoms with E-state index in [1.807, 2.05) is 0 Å². The van der Waals surface area contributed by atoms with E-state index < -0.39 is 0 Å². The van der Waals surface area contributed by atoms with E-state index in [-0.39, 0.29) is 17.0 Å². The first-order valence-electron chi connectivity index (χ1n) is 7.70. The molecule has 4 saturated carbocycles. The van der Waals surface area contributed by atoms with Gasteiger partial charge in [0.2, 0.25) is 0 Å². The first-order valence-corrected chi connectivity index (χ1v) is 7.70. The second kappa shape index (κ2) is 4.10. The molecule has 0 heterocycles. The molecule has 19 heavy (non-hydrogen) atoms. The SMILES string of the molecule is C=C(C)C(=O)OC(C)(C)C12CC3C[C@H](C1)C[C@H](C3)C2. The lowest BCUT2D eigenvalue weighted by molar-refractivity contribution is -0.195. The van der Waals surface area contributed by atoms with E-state index in [0.29, 0.717) is 5.57 Å². The van der Waals surface area contributed by atoms with Crippen molar-refractivity contribution < 1.29 is 9.53 Å². The van der Waals surface area contributed by atoms with Crippen molar-refractivity contribution in [2.75, 3.05) is 0 Å². The number of rotatable bonds is 3. The quantitative estimate of drug-likeness (QED) is 0.565. The Morgan fingerprint density at radius 1 is 1.11 bits per heavy atom. The van der Waals surface area contributed by atoms with Crippen LogP contribution < -0.4 is 0 Å². The van der Waals surface area contributed by atoms with Crippen LogP contribution in [0, 0.1) is 23.2 Å². The second-order valence-electron chi connectivity index (χ2n) is 7.88. The molecule has 0 unspecified atom stereocenters. The van der Waals surface area contributed by atoms with Crippen LogP contribution >= 0.6 is 0 Å². The Bertz CT molecular complexity index is 384. The highest BCUT2D eigenvalue weighted by molar-refractivity contribution is 5.87. The van der Waals surface area contributed by atoms with Crippen LogP contribution in [0.25, 0.3) is 0 Å². The van der Waals surface area contributed by atoms with Crippen molar-refractivity contribution in [2.45, 2.75) is 64.9 Å². The predicted octanol–water partition coefficient (Wildman–Crippen LogP) is 4.10. The molecule has 2 nitrogen and oxygen atoms in total. The topological polar surface area (TPSA) is 26.3 Å². The van der Waals surface area contributed by atoms with Crippen molar-refractivity contribution in [3.8, 4) is 0 Å². The Morgan fingerprint density at radius 3 is 1.89 bits per heavy atom. The zero-order valence-electron chi connectivity index (χ0n) is 12.5. The van der Waals surface area contributed by atoms with Crippen LogP contribution in [0.2, 0.25) is 0 Å². The lowest BCUT2D eigenvalue weighted by atomic mass is 9.46. The van der Waals surface area contributed by atoms with Gasteiger partial charge in [-0.2, -0.15) is 0 Å². The molecule has 0 saturated heterocycles. The fourth-order valence-corrected chi connectivity index (χ4v) is 5.28. The first-order chi connectivity index (χ1) is 8.81. The van der Waals surface area contributed by atoms with Gasteiger partial charge in [0.05, 0.1) is 0 Å². The van der Waals surface area contributed by atoms with Crippen LogP contribution in [-0.2, 0) is 9.53 Å². The fraction of sp³-hybridized carbons (Fsp3) is 0.824. The molecule has 106 valence electrons. The Hall–Kier alpha value is -0.790. The van der Waals surface area contributed by atoms with Gasteiger partial charge in [-0.3, -0.25) is 0 Å². The van der Waals surface area contributed by atoms with Crippen LogP contribution in [0.3, 0.4) is 0 Å². The van der Waals surface area contributed by atoms with Crippen LogP contribution in [0.5, 0.6) is 0 Å². The van der Waals surface area contributed by atoms with Crippen molar-refractivity contribution in [3.63, 3.8) is 0 Å². The smallest absolute Gasteiger partial charge is 0.333 e.